The SMILES string of the molecule is NCc1cccc(-n2cc(C(F)F)nn2)c1. The lowest BCUT2D eigenvalue weighted by Crippen LogP contribution is -1.99. The van der Waals surface area contributed by atoms with Crippen molar-refractivity contribution in [1.82, 2.24) is 15.0 Å². The van der Waals surface area contributed by atoms with Crippen LogP contribution in [0.4, 0.5) is 8.78 Å². The Labute approximate surface area is 90.7 Å². The molecule has 0 aliphatic carbocycles. The maximum absolute atomic E-state index is 12.3. The number of nitrogens with two attached hydrogens (primary N) is 1. The fourth-order valence-corrected chi connectivity index (χ4v) is 1.33. The first-order valence-electron chi connectivity index (χ1n) is 4.70. The number of hydrogen-bond acceptors (Lipinski definition) is 3. The lowest BCUT2D eigenvalue weighted by atomic mass is 10.2. The molecule has 2 N–H and O–H groups in total. The molecule has 6 heteroatoms. The molecular formula is C10H10F2N4. The molecule has 0 saturated carbocycles. The average molecular weight is 224 g/mol. The van der Waals surface area contributed by atoms with Crippen LogP contribution in [0.1, 0.15) is 17.7 Å². The van der Waals surface area contributed by atoms with Crippen molar-refractivity contribution in [2.75, 3.05) is 0 Å². The number of aromatic nitrogens is 3. The third-order valence-electron chi connectivity index (χ3n) is 2.15. The van der Waals surface area contributed by atoms with E-state index in [0.29, 0.717) is 12.2 Å². The molecule has 84 valence electrons. The van der Waals surface area contributed by atoms with Crippen molar-refractivity contribution in [2.24, 2.45) is 5.73 Å². The van der Waals surface area contributed by atoms with E-state index < -0.39 is 6.43 Å². The quantitative estimate of drug-likeness (QED) is 0.862. The van der Waals surface area contributed by atoms with Crippen LogP contribution >= 0.6 is 0 Å². The van der Waals surface area contributed by atoms with E-state index in [0.717, 1.165) is 5.56 Å². The molecule has 1 heterocycles. The maximum Gasteiger partial charge on any atom is 0.283 e. The van der Waals surface area contributed by atoms with E-state index in [4.69, 9.17) is 5.73 Å². The Morgan fingerprint density at radius 1 is 1.38 bits per heavy atom. The molecular weight excluding hydrogens is 214 g/mol. The Morgan fingerprint density at radius 3 is 2.81 bits per heavy atom. The molecule has 0 saturated heterocycles. The Morgan fingerprint density at radius 2 is 2.19 bits per heavy atom. The zero-order valence-corrected chi connectivity index (χ0v) is 8.35. The van der Waals surface area contributed by atoms with Crippen LogP contribution in [0.25, 0.3) is 5.69 Å². The monoisotopic (exact) mass is 224 g/mol. The van der Waals surface area contributed by atoms with Gasteiger partial charge in [0.1, 0.15) is 5.69 Å². The van der Waals surface area contributed by atoms with Crippen LogP contribution in [-0.2, 0) is 6.54 Å². The molecule has 0 bridgehead atoms. The zero-order chi connectivity index (χ0) is 11.5. The van der Waals surface area contributed by atoms with Gasteiger partial charge in [-0.2, -0.15) is 0 Å². The summed E-state index contributed by atoms with van der Waals surface area (Å²) in [4.78, 5) is 0. The molecule has 2 rings (SSSR count). The van der Waals surface area contributed by atoms with Crippen LogP contribution in [0.2, 0.25) is 0 Å². The molecule has 0 fully saturated rings. The summed E-state index contributed by atoms with van der Waals surface area (Å²) in [6, 6.07) is 7.18. The number of hydrogen-bond donors (Lipinski definition) is 1. The van der Waals surface area contributed by atoms with E-state index in [1.165, 1.54) is 10.9 Å². The number of benzene rings is 1. The molecule has 4 nitrogen and oxygen atoms in total. The summed E-state index contributed by atoms with van der Waals surface area (Å²) in [5, 5.41) is 7.01. The van der Waals surface area contributed by atoms with Gasteiger partial charge in [0.2, 0.25) is 0 Å². The predicted octanol–water partition coefficient (Wildman–Crippen LogP) is 1.66. The number of alkyl halides is 2. The van der Waals surface area contributed by atoms with Crippen molar-refractivity contribution < 1.29 is 8.78 Å². The second-order valence-electron chi connectivity index (χ2n) is 3.26. The number of rotatable bonds is 3. The minimum absolute atomic E-state index is 0.335. The summed E-state index contributed by atoms with van der Waals surface area (Å²) in [7, 11) is 0. The van der Waals surface area contributed by atoms with Crippen molar-refractivity contribution in [3.8, 4) is 5.69 Å². The van der Waals surface area contributed by atoms with Crippen LogP contribution in [0.3, 0.4) is 0 Å². The smallest absolute Gasteiger partial charge is 0.283 e. The van der Waals surface area contributed by atoms with Crippen molar-refractivity contribution in [1.29, 1.82) is 0 Å². The van der Waals surface area contributed by atoms with E-state index in [9.17, 15) is 8.78 Å². The van der Waals surface area contributed by atoms with E-state index in [1.807, 2.05) is 6.07 Å². The first kappa shape index (κ1) is 10.7. The highest BCUT2D eigenvalue weighted by atomic mass is 19.3. The molecule has 0 aliphatic rings. The van der Waals surface area contributed by atoms with Gasteiger partial charge in [-0.25, -0.2) is 13.5 Å². The second kappa shape index (κ2) is 4.36. The van der Waals surface area contributed by atoms with Crippen LogP contribution in [0.5, 0.6) is 0 Å². The fourth-order valence-electron chi connectivity index (χ4n) is 1.33. The summed E-state index contributed by atoms with van der Waals surface area (Å²) in [6.07, 6.45) is -1.40. The topological polar surface area (TPSA) is 56.7 Å². The average Bonchev–Trinajstić information content (AvgIpc) is 2.78. The largest absolute Gasteiger partial charge is 0.326 e. The van der Waals surface area contributed by atoms with Crippen molar-refractivity contribution in [2.45, 2.75) is 13.0 Å². The molecule has 0 spiro atoms. The van der Waals surface area contributed by atoms with Gasteiger partial charge in [-0.05, 0) is 17.7 Å². The summed E-state index contributed by atoms with van der Waals surface area (Å²) in [5.41, 5.74) is 6.73. The number of halogens is 2. The summed E-state index contributed by atoms with van der Waals surface area (Å²) >= 11 is 0. The Kier molecular flexibility index (Phi) is 2.91. The molecule has 1 aromatic heterocycles. The Balaban J connectivity index is 2.34. The minimum atomic E-state index is -2.61. The van der Waals surface area contributed by atoms with Gasteiger partial charge in [0.15, 0.2) is 0 Å². The molecule has 0 amide bonds. The molecule has 2 aromatic rings. The fraction of sp³-hybridized carbons (Fsp3) is 0.200. The normalized spacial score (nSPS) is 11.0. The molecule has 0 atom stereocenters. The molecule has 0 unspecified atom stereocenters. The van der Waals surface area contributed by atoms with Gasteiger partial charge in [0.25, 0.3) is 6.43 Å². The van der Waals surface area contributed by atoms with Crippen molar-refractivity contribution in [3.05, 3.63) is 41.7 Å². The van der Waals surface area contributed by atoms with E-state index in [-0.39, 0.29) is 5.69 Å². The highest BCUT2D eigenvalue weighted by molar-refractivity contribution is 5.35. The van der Waals surface area contributed by atoms with E-state index in [1.54, 1.807) is 18.2 Å². The summed E-state index contributed by atoms with van der Waals surface area (Å²) in [6.45, 7) is 0.393. The highest BCUT2D eigenvalue weighted by Gasteiger charge is 2.12. The van der Waals surface area contributed by atoms with Crippen LogP contribution in [-0.4, -0.2) is 15.0 Å². The van der Waals surface area contributed by atoms with E-state index >= 15 is 0 Å². The third-order valence-corrected chi connectivity index (χ3v) is 2.15. The van der Waals surface area contributed by atoms with E-state index in [2.05, 4.69) is 10.3 Å². The van der Waals surface area contributed by atoms with Gasteiger partial charge < -0.3 is 5.73 Å². The van der Waals surface area contributed by atoms with Gasteiger partial charge in [0.05, 0.1) is 11.9 Å². The summed E-state index contributed by atoms with van der Waals surface area (Å²) in [5.74, 6) is 0. The molecule has 0 radical (unpaired) electrons. The zero-order valence-electron chi connectivity index (χ0n) is 8.35. The summed E-state index contributed by atoms with van der Waals surface area (Å²) < 4.78 is 25.9. The first-order chi connectivity index (χ1) is 7.70. The van der Waals surface area contributed by atoms with Crippen molar-refractivity contribution in [3.63, 3.8) is 0 Å². The Hall–Kier alpha value is -1.82. The highest BCUT2D eigenvalue weighted by Crippen LogP contribution is 2.17. The minimum Gasteiger partial charge on any atom is -0.326 e. The van der Waals surface area contributed by atoms with Gasteiger partial charge in [0, 0.05) is 6.54 Å². The van der Waals surface area contributed by atoms with Crippen molar-refractivity contribution >= 4 is 0 Å². The van der Waals surface area contributed by atoms with Crippen LogP contribution in [0.15, 0.2) is 30.5 Å². The van der Waals surface area contributed by atoms with Gasteiger partial charge in [-0.3, -0.25) is 0 Å². The number of nitrogens with zero attached hydrogens (tertiary/aromatic N) is 3. The second-order valence-corrected chi connectivity index (χ2v) is 3.26. The Bertz CT molecular complexity index is 481. The standard InChI is InChI=1S/C10H10F2N4/c11-10(12)9-6-16(15-14-9)8-3-1-2-7(4-8)5-13/h1-4,6,10H,5,13H2. The lowest BCUT2D eigenvalue weighted by molar-refractivity contribution is 0.146. The predicted molar refractivity (Wildman–Crippen MR) is 54.2 cm³/mol. The van der Waals surface area contributed by atoms with Gasteiger partial charge in [-0.15, -0.1) is 5.10 Å². The molecule has 16 heavy (non-hydrogen) atoms. The van der Waals surface area contributed by atoms with Crippen LogP contribution < -0.4 is 5.73 Å². The maximum atomic E-state index is 12.3. The molecule has 0 aliphatic heterocycles. The molecule has 1 aromatic carbocycles. The third kappa shape index (κ3) is 2.06. The van der Waals surface area contributed by atoms with Gasteiger partial charge >= 0.3 is 0 Å². The lowest BCUT2D eigenvalue weighted by Gasteiger charge is -2.02. The first-order valence-corrected chi connectivity index (χ1v) is 4.70. The van der Waals surface area contributed by atoms with Gasteiger partial charge in [-0.1, -0.05) is 17.3 Å². The van der Waals surface area contributed by atoms with Crippen LogP contribution in [0, 0.1) is 0 Å².